The van der Waals surface area contributed by atoms with Gasteiger partial charge in [-0.3, -0.25) is 4.79 Å². The molecule has 1 aliphatic rings. The monoisotopic (exact) mass is 394 g/mol. The highest BCUT2D eigenvalue weighted by atomic mass is 16.2. The molecular formula is C21H26N6O2. The minimum absolute atomic E-state index is 0.119. The molecule has 152 valence electrons. The van der Waals surface area contributed by atoms with Gasteiger partial charge in [-0.2, -0.15) is 0 Å². The zero-order valence-electron chi connectivity index (χ0n) is 16.7. The lowest BCUT2D eigenvalue weighted by Gasteiger charge is -2.20. The number of aryl methyl sites for hydroxylation is 1. The summed E-state index contributed by atoms with van der Waals surface area (Å²) in [6.07, 6.45) is 7.86. The van der Waals surface area contributed by atoms with Crippen LogP contribution in [0.2, 0.25) is 0 Å². The number of anilines is 1. The largest absolute Gasteiger partial charge is 0.353 e. The fourth-order valence-corrected chi connectivity index (χ4v) is 3.64. The first-order chi connectivity index (χ1) is 14.1. The average Bonchev–Trinajstić information content (AvgIpc) is 2.90. The summed E-state index contributed by atoms with van der Waals surface area (Å²) >= 11 is 0. The molecule has 1 amide bonds. The standard InChI is InChI=1S/C21H26N6O2/c1-16-6-8-17(9-7-16)14-23-18(28)15-27-21(29)26-13-10-22-19(20(26)24-27)25-11-4-2-3-5-12-25/h6-10,13H,2-5,11-12,14-15H2,1H3,(H,23,28). The van der Waals surface area contributed by atoms with Gasteiger partial charge in [0, 0.05) is 32.0 Å². The third kappa shape index (κ3) is 4.31. The maximum atomic E-state index is 12.7. The molecule has 4 rings (SSSR count). The molecule has 2 aromatic heterocycles. The van der Waals surface area contributed by atoms with Gasteiger partial charge in [0.15, 0.2) is 5.82 Å². The molecule has 0 saturated carbocycles. The van der Waals surface area contributed by atoms with Crippen LogP contribution in [0.4, 0.5) is 5.82 Å². The third-order valence-corrected chi connectivity index (χ3v) is 5.29. The molecule has 1 aromatic carbocycles. The van der Waals surface area contributed by atoms with Gasteiger partial charge in [0.1, 0.15) is 6.54 Å². The second kappa shape index (κ2) is 8.46. The van der Waals surface area contributed by atoms with Gasteiger partial charge in [0.25, 0.3) is 0 Å². The van der Waals surface area contributed by atoms with Crippen LogP contribution in [0, 0.1) is 6.92 Å². The predicted molar refractivity (Wildman–Crippen MR) is 111 cm³/mol. The zero-order chi connectivity index (χ0) is 20.2. The molecule has 1 fully saturated rings. The quantitative estimate of drug-likeness (QED) is 0.714. The minimum Gasteiger partial charge on any atom is -0.353 e. The van der Waals surface area contributed by atoms with Gasteiger partial charge in [-0.25, -0.2) is 18.9 Å². The Bertz CT molecular complexity index is 1050. The van der Waals surface area contributed by atoms with Crippen LogP contribution in [0.3, 0.4) is 0 Å². The number of benzene rings is 1. The maximum absolute atomic E-state index is 12.7. The Kier molecular flexibility index (Phi) is 5.59. The highest BCUT2D eigenvalue weighted by molar-refractivity contribution is 5.75. The molecule has 0 radical (unpaired) electrons. The first kappa shape index (κ1) is 19.2. The summed E-state index contributed by atoms with van der Waals surface area (Å²) in [5.41, 5.74) is 2.36. The summed E-state index contributed by atoms with van der Waals surface area (Å²) < 4.78 is 2.68. The number of nitrogens with zero attached hydrogens (tertiary/aromatic N) is 5. The predicted octanol–water partition coefficient (Wildman–Crippen LogP) is 1.90. The van der Waals surface area contributed by atoms with Crippen LogP contribution in [0.25, 0.3) is 5.65 Å². The summed E-state index contributed by atoms with van der Waals surface area (Å²) in [4.78, 5) is 31.8. The van der Waals surface area contributed by atoms with Crippen LogP contribution in [-0.2, 0) is 17.9 Å². The van der Waals surface area contributed by atoms with E-state index in [1.165, 1.54) is 27.5 Å². The molecule has 1 N–H and O–H groups in total. The number of fused-ring (bicyclic) bond motifs is 1. The highest BCUT2D eigenvalue weighted by Crippen LogP contribution is 2.20. The Morgan fingerprint density at radius 3 is 2.55 bits per heavy atom. The van der Waals surface area contributed by atoms with Gasteiger partial charge in [-0.05, 0) is 25.3 Å². The summed E-state index contributed by atoms with van der Waals surface area (Å²) in [6.45, 7) is 4.14. The van der Waals surface area contributed by atoms with Crippen molar-refractivity contribution in [1.29, 1.82) is 0 Å². The van der Waals surface area contributed by atoms with Crippen molar-refractivity contribution in [2.45, 2.75) is 45.7 Å². The van der Waals surface area contributed by atoms with E-state index < -0.39 is 0 Å². The molecule has 29 heavy (non-hydrogen) atoms. The van der Waals surface area contributed by atoms with Gasteiger partial charge in [0.2, 0.25) is 11.6 Å². The van der Waals surface area contributed by atoms with Crippen molar-refractivity contribution in [2.75, 3.05) is 18.0 Å². The smallest absolute Gasteiger partial charge is 0.350 e. The Balaban J connectivity index is 1.51. The molecular weight excluding hydrogens is 368 g/mol. The molecule has 8 heteroatoms. The topological polar surface area (TPSA) is 84.5 Å². The normalized spacial score (nSPS) is 14.7. The van der Waals surface area contributed by atoms with Gasteiger partial charge < -0.3 is 10.2 Å². The SMILES string of the molecule is Cc1ccc(CNC(=O)Cn2nc3c(N4CCCCCC4)nccn3c2=O)cc1. The van der Waals surface area contributed by atoms with E-state index >= 15 is 0 Å². The lowest BCUT2D eigenvalue weighted by atomic mass is 10.1. The van der Waals surface area contributed by atoms with Crippen LogP contribution in [0.1, 0.15) is 36.8 Å². The first-order valence-corrected chi connectivity index (χ1v) is 10.1. The molecule has 0 spiro atoms. The molecule has 3 aromatic rings. The summed E-state index contributed by atoms with van der Waals surface area (Å²) in [6, 6.07) is 7.97. The number of amides is 1. The highest BCUT2D eigenvalue weighted by Gasteiger charge is 2.19. The van der Waals surface area contributed by atoms with Crippen molar-refractivity contribution >= 4 is 17.4 Å². The fraction of sp³-hybridized carbons (Fsp3) is 0.429. The van der Waals surface area contributed by atoms with Crippen molar-refractivity contribution < 1.29 is 4.79 Å². The summed E-state index contributed by atoms with van der Waals surface area (Å²) in [7, 11) is 0. The number of nitrogens with one attached hydrogen (secondary N) is 1. The average molecular weight is 394 g/mol. The minimum atomic E-state index is -0.330. The number of aromatic nitrogens is 4. The van der Waals surface area contributed by atoms with E-state index in [1.54, 1.807) is 12.4 Å². The first-order valence-electron chi connectivity index (χ1n) is 10.1. The molecule has 1 saturated heterocycles. The van der Waals surface area contributed by atoms with Crippen molar-refractivity contribution in [2.24, 2.45) is 0 Å². The molecule has 0 atom stereocenters. The third-order valence-electron chi connectivity index (χ3n) is 5.29. The zero-order valence-corrected chi connectivity index (χ0v) is 16.7. The Labute approximate surface area is 169 Å². The van der Waals surface area contributed by atoms with E-state index in [0.717, 1.165) is 31.5 Å². The van der Waals surface area contributed by atoms with Crippen LogP contribution in [0.5, 0.6) is 0 Å². The van der Waals surface area contributed by atoms with Crippen LogP contribution in [-0.4, -0.2) is 38.2 Å². The van der Waals surface area contributed by atoms with Crippen molar-refractivity contribution in [3.05, 3.63) is 58.3 Å². The summed E-state index contributed by atoms with van der Waals surface area (Å²) in [5.74, 6) is 0.464. The molecule has 3 heterocycles. The number of rotatable bonds is 5. The van der Waals surface area contributed by atoms with Crippen molar-refractivity contribution in [3.8, 4) is 0 Å². The Morgan fingerprint density at radius 2 is 1.83 bits per heavy atom. The maximum Gasteiger partial charge on any atom is 0.350 e. The van der Waals surface area contributed by atoms with E-state index in [4.69, 9.17) is 0 Å². The molecule has 0 aliphatic carbocycles. The second-order valence-corrected chi connectivity index (χ2v) is 7.55. The van der Waals surface area contributed by atoms with Crippen LogP contribution < -0.4 is 15.9 Å². The van der Waals surface area contributed by atoms with Crippen LogP contribution in [0.15, 0.2) is 41.5 Å². The number of carbonyl (C=O) groups excluding carboxylic acids is 1. The lowest BCUT2D eigenvalue weighted by molar-refractivity contribution is -0.122. The lowest BCUT2D eigenvalue weighted by Crippen LogP contribution is -2.32. The van der Waals surface area contributed by atoms with E-state index in [1.807, 2.05) is 31.2 Å². The van der Waals surface area contributed by atoms with Gasteiger partial charge in [0.05, 0.1) is 0 Å². The van der Waals surface area contributed by atoms with Crippen molar-refractivity contribution in [3.63, 3.8) is 0 Å². The molecule has 0 bridgehead atoms. The Hall–Kier alpha value is -3.16. The van der Waals surface area contributed by atoms with Crippen LogP contribution >= 0.6 is 0 Å². The molecule has 0 unspecified atom stereocenters. The number of carbonyl (C=O) groups is 1. The van der Waals surface area contributed by atoms with E-state index in [9.17, 15) is 9.59 Å². The Morgan fingerprint density at radius 1 is 1.10 bits per heavy atom. The van der Waals surface area contributed by atoms with E-state index in [-0.39, 0.29) is 18.1 Å². The van der Waals surface area contributed by atoms with Crippen molar-refractivity contribution in [1.82, 2.24) is 24.5 Å². The second-order valence-electron chi connectivity index (χ2n) is 7.55. The number of hydrogen-bond acceptors (Lipinski definition) is 5. The van der Waals surface area contributed by atoms with Gasteiger partial charge in [-0.1, -0.05) is 42.7 Å². The van der Waals surface area contributed by atoms with E-state index in [0.29, 0.717) is 18.0 Å². The van der Waals surface area contributed by atoms with E-state index in [2.05, 4.69) is 20.3 Å². The summed E-state index contributed by atoms with van der Waals surface area (Å²) in [5, 5.41) is 7.28. The van der Waals surface area contributed by atoms with Gasteiger partial charge >= 0.3 is 5.69 Å². The van der Waals surface area contributed by atoms with Gasteiger partial charge in [-0.15, -0.1) is 5.10 Å². The molecule has 1 aliphatic heterocycles. The molecule has 8 nitrogen and oxygen atoms in total. The number of hydrogen-bond donors (Lipinski definition) is 1. The fourth-order valence-electron chi connectivity index (χ4n) is 3.64.